The quantitative estimate of drug-likeness (QED) is 0.182. The molecule has 0 aliphatic carbocycles. The van der Waals surface area contributed by atoms with Crippen molar-refractivity contribution in [1.82, 2.24) is 40.6 Å². The molecular formula is C20H24N10O4S2. The Balaban J connectivity index is 1.82. The Hall–Kier alpha value is -3.28. The van der Waals surface area contributed by atoms with Gasteiger partial charge in [0.15, 0.2) is 0 Å². The minimum absolute atomic E-state index is 0.114. The molecule has 8 N–H and O–H groups in total. The van der Waals surface area contributed by atoms with Gasteiger partial charge in [-0.15, -0.1) is 10.2 Å². The highest BCUT2D eigenvalue weighted by molar-refractivity contribution is 7.92. The molecule has 1 aliphatic rings. The summed E-state index contributed by atoms with van der Waals surface area (Å²) >= 11 is 0. The molecule has 14 nitrogen and oxygen atoms in total. The Morgan fingerprint density at radius 1 is 1.14 bits per heavy atom. The van der Waals surface area contributed by atoms with E-state index in [1.807, 2.05) is 0 Å². The summed E-state index contributed by atoms with van der Waals surface area (Å²) in [5, 5.41) is 22.4. The van der Waals surface area contributed by atoms with Crippen molar-refractivity contribution in [1.29, 1.82) is 0 Å². The topological polar surface area (TPSA) is 228 Å². The van der Waals surface area contributed by atoms with Gasteiger partial charge in [-0.1, -0.05) is 18.2 Å². The number of aromatic nitrogens is 6. The summed E-state index contributed by atoms with van der Waals surface area (Å²) in [5.41, 5.74) is 7.83. The highest BCUT2D eigenvalue weighted by Crippen LogP contribution is 2.40. The number of aromatic amines is 2. The monoisotopic (exact) mass is 532 g/mol. The zero-order valence-electron chi connectivity index (χ0n) is 19.1. The van der Waals surface area contributed by atoms with E-state index in [9.17, 15) is 16.8 Å². The van der Waals surface area contributed by atoms with Crippen molar-refractivity contribution in [2.24, 2.45) is 10.9 Å². The highest BCUT2D eigenvalue weighted by Gasteiger charge is 2.34. The Labute approximate surface area is 206 Å². The minimum atomic E-state index is -4.60. The first-order valence-electron chi connectivity index (χ1n) is 11.0. The molecule has 0 amide bonds. The van der Waals surface area contributed by atoms with Crippen molar-refractivity contribution in [2.75, 3.05) is 13.1 Å². The van der Waals surface area contributed by atoms with Crippen molar-refractivity contribution >= 4 is 31.1 Å². The third-order valence-corrected chi connectivity index (χ3v) is 8.58. The van der Waals surface area contributed by atoms with Gasteiger partial charge in [-0.3, -0.25) is 0 Å². The molecule has 16 heteroatoms. The predicted octanol–water partition coefficient (Wildman–Crippen LogP) is -0.283. The number of hydrogen-bond donors (Lipinski definition) is 6. The number of nitrogens with one attached hydrogen (secondary N) is 4. The summed E-state index contributed by atoms with van der Waals surface area (Å²) in [6.07, 6.45) is 0.558. The molecule has 1 fully saturated rings. The average Bonchev–Trinajstić information content (AvgIpc) is 3.58. The van der Waals surface area contributed by atoms with Gasteiger partial charge in [-0.25, -0.2) is 31.7 Å². The van der Waals surface area contributed by atoms with Crippen molar-refractivity contribution < 1.29 is 16.8 Å². The van der Waals surface area contributed by atoms with Crippen molar-refractivity contribution in [3.8, 4) is 22.5 Å². The molecule has 0 bridgehead atoms. The van der Waals surface area contributed by atoms with Crippen molar-refractivity contribution in [2.45, 2.75) is 35.2 Å². The Morgan fingerprint density at radius 2 is 1.94 bits per heavy atom. The fourth-order valence-electron chi connectivity index (χ4n) is 4.29. The highest BCUT2D eigenvalue weighted by atomic mass is 32.2. The van der Waals surface area contributed by atoms with Gasteiger partial charge < -0.3 is 16.0 Å². The number of benzene rings is 2. The number of H-pyrrole nitrogens is 2. The molecule has 5 rings (SSSR count). The number of sulfonamides is 2. The lowest BCUT2D eigenvalue weighted by Crippen LogP contribution is -2.37. The van der Waals surface area contributed by atoms with Gasteiger partial charge in [0.2, 0.25) is 25.9 Å². The van der Waals surface area contributed by atoms with E-state index in [2.05, 4.69) is 40.6 Å². The predicted molar refractivity (Wildman–Crippen MR) is 130 cm³/mol. The van der Waals surface area contributed by atoms with Crippen LogP contribution in [0.4, 0.5) is 0 Å². The number of fused-ring (bicyclic) bond motifs is 1. The SMILES string of the molecule is C[C@H](N)c1nc2c(-c3ccc(S(=O)(=O)NC4CCNC4)c(S(N)(=O)=O)c3-c3nn[nH]n3)cccc2[nH]1. The molecule has 0 spiro atoms. The Bertz CT molecular complexity index is 1640. The standard InChI is InChI=1S/C20H24N10O4S2/c1-10(21)19-24-14-4-2-3-13(17(14)25-19)12-5-6-15(36(33,34)28-11-7-8-23-9-11)18(35(22,31)32)16(12)20-26-29-30-27-20/h2-6,10-11,23,28H,7-9,21H2,1H3,(H,24,25)(H2,22,31,32)(H,26,27,29,30)/t10-,11?/m0/s1. The second-order valence-electron chi connectivity index (χ2n) is 8.52. The third kappa shape index (κ3) is 4.38. The van der Waals surface area contributed by atoms with Crippen LogP contribution in [-0.2, 0) is 20.0 Å². The van der Waals surface area contributed by atoms with Crippen molar-refractivity contribution in [3.05, 3.63) is 36.2 Å². The van der Waals surface area contributed by atoms with Gasteiger partial charge in [0.05, 0.1) is 22.6 Å². The smallest absolute Gasteiger partial charge is 0.242 e. The van der Waals surface area contributed by atoms with Gasteiger partial charge in [0.1, 0.15) is 15.6 Å². The summed E-state index contributed by atoms with van der Waals surface area (Å²) in [4.78, 5) is 6.57. The summed E-state index contributed by atoms with van der Waals surface area (Å²) in [6.45, 7) is 2.83. The van der Waals surface area contributed by atoms with Gasteiger partial charge >= 0.3 is 0 Å². The van der Waals surface area contributed by atoms with Gasteiger partial charge in [0, 0.05) is 18.2 Å². The number of nitrogens with zero attached hydrogens (tertiary/aromatic N) is 4. The van der Waals surface area contributed by atoms with E-state index in [-0.39, 0.29) is 17.4 Å². The second-order valence-corrected chi connectivity index (χ2v) is 11.7. The summed E-state index contributed by atoms with van der Waals surface area (Å²) in [5.74, 6) is 0.382. The number of rotatable bonds is 7. The molecule has 1 saturated heterocycles. The zero-order chi connectivity index (χ0) is 25.7. The molecule has 1 unspecified atom stereocenters. The van der Waals surface area contributed by atoms with Crippen LogP contribution in [0.3, 0.4) is 0 Å². The molecule has 2 aromatic carbocycles. The summed E-state index contributed by atoms with van der Waals surface area (Å²) in [6, 6.07) is 7.17. The number of para-hydroxylation sites is 1. The Kier molecular flexibility index (Phi) is 6.09. The molecule has 190 valence electrons. The zero-order valence-corrected chi connectivity index (χ0v) is 20.7. The van der Waals surface area contributed by atoms with E-state index in [1.54, 1.807) is 25.1 Å². The summed E-state index contributed by atoms with van der Waals surface area (Å²) in [7, 11) is -8.90. The first kappa shape index (κ1) is 24.4. The van der Waals surface area contributed by atoms with Crippen LogP contribution in [-0.4, -0.2) is 66.6 Å². The third-order valence-electron chi connectivity index (χ3n) is 5.90. The second kappa shape index (κ2) is 8.99. The average molecular weight is 533 g/mol. The van der Waals surface area contributed by atoms with Crippen LogP contribution >= 0.6 is 0 Å². The number of tetrazole rings is 1. The first-order valence-corrected chi connectivity index (χ1v) is 14.0. The fourth-order valence-corrected chi connectivity index (χ4v) is 7.17. The van der Waals surface area contributed by atoms with Crippen LogP contribution in [0.25, 0.3) is 33.5 Å². The van der Waals surface area contributed by atoms with E-state index in [1.165, 1.54) is 12.1 Å². The molecule has 2 atom stereocenters. The number of primary sulfonamides is 1. The van der Waals surface area contributed by atoms with Crippen LogP contribution in [0, 0.1) is 0 Å². The molecule has 0 radical (unpaired) electrons. The maximum atomic E-state index is 13.4. The van der Waals surface area contributed by atoms with E-state index in [4.69, 9.17) is 10.9 Å². The normalized spacial score (nSPS) is 17.6. The lowest BCUT2D eigenvalue weighted by Gasteiger charge is -2.18. The van der Waals surface area contributed by atoms with E-state index >= 15 is 0 Å². The van der Waals surface area contributed by atoms with Crippen LogP contribution in [0.15, 0.2) is 40.1 Å². The van der Waals surface area contributed by atoms with Gasteiger partial charge in [-0.2, -0.15) is 5.21 Å². The molecule has 3 heterocycles. The number of imidazole rings is 1. The van der Waals surface area contributed by atoms with Gasteiger partial charge in [0.25, 0.3) is 0 Å². The summed E-state index contributed by atoms with van der Waals surface area (Å²) < 4.78 is 55.2. The maximum Gasteiger partial charge on any atom is 0.242 e. The van der Waals surface area contributed by atoms with E-state index in [0.717, 1.165) is 0 Å². The lowest BCUT2D eigenvalue weighted by atomic mass is 9.98. The maximum absolute atomic E-state index is 13.4. The molecule has 4 aromatic rings. The number of hydrogen-bond acceptors (Lipinski definition) is 10. The van der Waals surface area contributed by atoms with Crippen LogP contribution in [0.2, 0.25) is 0 Å². The molecule has 2 aromatic heterocycles. The van der Waals surface area contributed by atoms with E-state index in [0.29, 0.717) is 47.5 Å². The lowest BCUT2D eigenvalue weighted by molar-refractivity contribution is 0.555. The van der Waals surface area contributed by atoms with Gasteiger partial charge in [-0.05, 0) is 42.8 Å². The minimum Gasteiger partial charge on any atom is -0.341 e. The van der Waals surface area contributed by atoms with Crippen LogP contribution < -0.4 is 20.9 Å². The molecule has 36 heavy (non-hydrogen) atoms. The van der Waals surface area contributed by atoms with Crippen LogP contribution in [0.5, 0.6) is 0 Å². The molecule has 0 saturated carbocycles. The fraction of sp³-hybridized carbons (Fsp3) is 0.300. The van der Waals surface area contributed by atoms with Crippen molar-refractivity contribution in [3.63, 3.8) is 0 Å². The van der Waals surface area contributed by atoms with E-state index < -0.39 is 35.9 Å². The first-order chi connectivity index (χ1) is 17.1. The number of nitrogens with two attached hydrogens (primary N) is 2. The van der Waals surface area contributed by atoms with Crippen LogP contribution in [0.1, 0.15) is 25.2 Å². The molecular weight excluding hydrogens is 508 g/mol. The Morgan fingerprint density at radius 3 is 2.58 bits per heavy atom. The largest absolute Gasteiger partial charge is 0.341 e. The molecule has 1 aliphatic heterocycles.